The fourth-order valence-corrected chi connectivity index (χ4v) is 3.68. The predicted molar refractivity (Wildman–Crippen MR) is 80.2 cm³/mol. The first-order valence-corrected chi connectivity index (χ1v) is 7.85. The second kappa shape index (κ2) is 6.06. The lowest BCUT2D eigenvalue weighted by Crippen LogP contribution is -2.34. The van der Waals surface area contributed by atoms with Crippen molar-refractivity contribution in [3.05, 3.63) is 34.9 Å². The van der Waals surface area contributed by atoms with Crippen molar-refractivity contribution in [3.63, 3.8) is 0 Å². The Balaban J connectivity index is 1.72. The van der Waals surface area contributed by atoms with E-state index in [1.165, 1.54) is 44.1 Å². The van der Waals surface area contributed by atoms with Crippen molar-refractivity contribution in [1.82, 2.24) is 10.2 Å². The summed E-state index contributed by atoms with van der Waals surface area (Å²) in [5.74, 6) is 0. The van der Waals surface area contributed by atoms with Crippen molar-refractivity contribution < 1.29 is 0 Å². The molecule has 0 amide bonds. The molecule has 1 aliphatic carbocycles. The largest absolute Gasteiger partial charge is 0.312 e. The highest BCUT2D eigenvalue weighted by Crippen LogP contribution is 2.25. The van der Waals surface area contributed by atoms with Gasteiger partial charge in [0, 0.05) is 19.1 Å². The van der Waals surface area contributed by atoms with Crippen LogP contribution in [0.2, 0.25) is 0 Å². The van der Waals surface area contributed by atoms with Gasteiger partial charge in [0.2, 0.25) is 0 Å². The van der Waals surface area contributed by atoms with Crippen LogP contribution in [0, 0.1) is 0 Å². The van der Waals surface area contributed by atoms with Gasteiger partial charge in [-0.15, -0.1) is 0 Å². The Hall–Kier alpha value is -0.860. The molecule has 0 saturated heterocycles. The molecule has 0 aromatic heterocycles. The van der Waals surface area contributed by atoms with Crippen molar-refractivity contribution in [1.29, 1.82) is 0 Å². The fraction of sp³-hybridized carbons (Fsp3) is 0.647. The third kappa shape index (κ3) is 3.01. The number of nitrogens with one attached hydrogen (secondary N) is 1. The molecule has 3 rings (SSSR count). The van der Waals surface area contributed by atoms with E-state index in [0.29, 0.717) is 0 Å². The Labute approximate surface area is 117 Å². The van der Waals surface area contributed by atoms with Crippen molar-refractivity contribution in [3.8, 4) is 0 Å². The van der Waals surface area contributed by atoms with E-state index in [1.807, 2.05) is 0 Å². The molecule has 1 fully saturated rings. The van der Waals surface area contributed by atoms with Gasteiger partial charge < -0.3 is 5.32 Å². The van der Waals surface area contributed by atoms with E-state index in [2.05, 4.69) is 35.5 Å². The maximum absolute atomic E-state index is 3.47. The molecular formula is C17H26N2. The van der Waals surface area contributed by atoms with Crippen LogP contribution in [-0.2, 0) is 19.5 Å². The highest BCUT2D eigenvalue weighted by molar-refractivity contribution is 5.37. The monoisotopic (exact) mass is 258 g/mol. The van der Waals surface area contributed by atoms with E-state index in [9.17, 15) is 0 Å². The minimum Gasteiger partial charge on any atom is -0.312 e. The van der Waals surface area contributed by atoms with Crippen LogP contribution in [0.3, 0.4) is 0 Å². The van der Waals surface area contributed by atoms with Crippen molar-refractivity contribution in [2.45, 2.75) is 57.7 Å². The van der Waals surface area contributed by atoms with Gasteiger partial charge in [0.05, 0.1) is 0 Å². The molecule has 0 unspecified atom stereocenters. The van der Waals surface area contributed by atoms with Gasteiger partial charge in [-0.3, -0.25) is 4.90 Å². The van der Waals surface area contributed by atoms with Crippen LogP contribution < -0.4 is 5.32 Å². The maximum Gasteiger partial charge on any atom is 0.0236 e. The molecule has 1 saturated carbocycles. The molecule has 1 aromatic rings. The van der Waals surface area contributed by atoms with Crippen LogP contribution in [-0.4, -0.2) is 24.5 Å². The number of hydrogen-bond acceptors (Lipinski definition) is 2. The molecule has 0 spiro atoms. The summed E-state index contributed by atoms with van der Waals surface area (Å²) in [6.07, 6.45) is 8.28. The lowest BCUT2D eigenvalue weighted by molar-refractivity contribution is 0.184. The molecule has 1 aliphatic heterocycles. The fourth-order valence-electron chi connectivity index (χ4n) is 3.68. The first-order valence-electron chi connectivity index (χ1n) is 7.85. The Kier molecular flexibility index (Phi) is 4.19. The summed E-state index contributed by atoms with van der Waals surface area (Å²) < 4.78 is 0. The average Bonchev–Trinajstić information content (AvgIpc) is 2.48. The van der Waals surface area contributed by atoms with Gasteiger partial charge in [-0.2, -0.15) is 0 Å². The summed E-state index contributed by atoms with van der Waals surface area (Å²) in [6, 6.07) is 7.66. The Morgan fingerprint density at radius 1 is 1.21 bits per heavy atom. The van der Waals surface area contributed by atoms with E-state index >= 15 is 0 Å². The number of benzene rings is 1. The highest BCUT2D eigenvalue weighted by Gasteiger charge is 2.20. The van der Waals surface area contributed by atoms with Gasteiger partial charge in [0.25, 0.3) is 0 Å². The normalized spacial score (nSPS) is 20.5. The van der Waals surface area contributed by atoms with Gasteiger partial charge in [-0.05, 0) is 49.5 Å². The predicted octanol–water partition coefficient (Wildman–Crippen LogP) is 3.10. The molecule has 0 radical (unpaired) electrons. The first-order chi connectivity index (χ1) is 9.34. The SMILES string of the molecule is CN(Cc1cccc2c1CCNC2)C1CCCCC1. The molecule has 104 valence electrons. The second-order valence-electron chi connectivity index (χ2n) is 6.19. The molecular weight excluding hydrogens is 232 g/mol. The smallest absolute Gasteiger partial charge is 0.0236 e. The summed E-state index contributed by atoms with van der Waals surface area (Å²) in [4.78, 5) is 2.59. The zero-order chi connectivity index (χ0) is 13.1. The van der Waals surface area contributed by atoms with Crippen LogP contribution >= 0.6 is 0 Å². The van der Waals surface area contributed by atoms with Crippen molar-refractivity contribution in [2.75, 3.05) is 13.6 Å². The van der Waals surface area contributed by atoms with Crippen LogP contribution in [0.1, 0.15) is 48.8 Å². The molecule has 1 aromatic carbocycles. The quantitative estimate of drug-likeness (QED) is 0.896. The molecule has 2 nitrogen and oxygen atoms in total. The van der Waals surface area contributed by atoms with Gasteiger partial charge >= 0.3 is 0 Å². The lowest BCUT2D eigenvalue weighted by Gasteiger charge is -2.32. The molecule has 1 heterocycles. The van der Waals surface area contributed by atoms with Crippen LogP contribution in [0.15, 0.2) is 18.2 Å². The first kappa shape index (κ1) is 13.1. The van der Waals surface area contributed by atoms with Crippen LogP contribution in [0.5, 0.6) is 0 Å². The number of nitrogens with zero attached hydrogens (tertiary/aromatic N) is 1. The molecule has 0 bridgehead atoms. The number of rotatable bonds is 3. The van der Waals surface area contributed by atoms with E-state index in [1.54, 1.807) is 11.1 Å². The maximum atomic E-state index is 3.47. The van der Waals surface area contributed by atoms with Crippen molar-refractivity contribution >= 4 is 0 Å². The summed E-state index contributed by atoms with van der Waals surface area (Å²) in [6.45, 7) is 3.32. The number of hydrogen-bond donors (Lipinski definition) is 1. The third-order valence-corrected chi connectivity index (χ3v) is 4.86. The lowest BCUT2D eigenvalue weighted by atomic mass is 9.92. The van der Waals surface area contributed by atoms with Gasteiger partial charge in [-0.25, -0.2) is 0 Å². The average molecular weight is 258 g/mol. The minimum absolute atomic E-state index is 0.811. The van der Waals surface area contributed by atoms with Gasteiger partial charge in [0.1, 0.15) is 0 Å². The standard InChI is InChI=1S/C17H26N2/c1-19(16-8-3-2-4-9-16)13-15-7-5-6-14-12-18-11-10-17(14)15/h5-7,16,18H,2-4,8-13H2,1H3. The molecule has 1 N–H and O–H groups in total. The zero-order valence-corrected chi connectivity index (χ0v) is 12.1. The third-order valence-electron chi connectivity index (χ3n) is 4.86. The van der Waals surface area contributed by atoms with Crippen molar-refractivity contribution in [2.24, 2.45) is 0 Å². The second-order valence-corrected chi connectivity index (χ2v) is 6.19. The van der Waals surface area contributed by atoms with E-state index in [0.717, 1.165) is 25.7 Å². The van der Waals surface area contributed by atoms with E-state index in [4.69, 9.17) is 0 Å². The summed E-state index contributed by atoms with van der Waals surface area (Å²) in [5, 5.41) is 3.47. The summed E-state index contributed by atoms with van der Waals surface area (Å²) >= 11 is 0. The van der Waals surface area contributed by atoms with Gasteiger partial charge in [0.15, 0.2) is 0 Å². The summed E-state index contributed by atoms with van der Waals surface area (Å²) in [7, 11) is 2.32. The Morgan fingerprint density at radius 2 is 2.05 bits per heavy atom. The van der Waals surface area contributed by atoms with Crippen LogP contribution in [0.25, 0.3) is 0 Å². The van der Waals surface area contributed by atoms with E-state index in [-0.39, 0.29) is 0 Å². The Morgan fingerprint density at radius 3 is 2.89 bits per heavy atom. The molecule has 0 atom stereocenters. The topological polar surface area (TPSA) is 15.3 Å². The molecule has 2 aliphatic rings. The molecule has 19 heavy (non-hydrogen) atoms. The minimum atomic E-state index is 0.811. The number of fused-ring (bicyclic) bond motifs is 1. The van der Waals surface area contributed by atoms with Crippen LogP contribution in [0.4, 0.5) is 0 Å². The zero-order valence-electron chi connectivity index (χ0n) is 12.1. The summed E-state index contributed by atoms with van der Waals surface area (Å²) in [5.41, 5.74) is 4.69. The molecule has 2 heteroatoms. The van der Waals surface area contributed by atoms with E-state index < -0.39 is 0 Å². The highest BCUT2D eigenvalue weighted by atomic mass is 15.1. The Bertz CT molecular complexity index is 421. The van der Waals surface area contributed by atoms with Gasteiger partial charge in [-0.1, -0.05) is 37.5 Å².